The lowest BCUT2D eigenvalue weighted by Crippen LogP contribution is -2.49. The fraction of sp³-hybridized carbons (Fsp3) is 0.457. The highest BCUT2D eigenvalue weighted by Crippen LogP contribution is 2.21. The van der Waals surface area contributed by atoms with Crippen molar-refractivity contribution in [1.29, 1.82) is 0 Å². The van der Waals surface area contributed by atoms with E-state index in [9.17, 15) is 14.4 Å². The van der Waals surface area contributed by atoms with Crippen LogP contribution >= 0.6 is 11.8 Å². The summed E-state index contributed by atoms with van der Waals surface area (Å²) < 4.78 is 4.95. The van der Waals surface area contributed by atoms with Crippen LogP contribution in [0.3, 0.4) is 0 Å². The topological polar surface area (TPSA) is 114 Å². The van der Waals surface area contributed by atoms with E-state index in [1.165, 1.54) is 7.11 Å². The lowest BCUT2D eigenvalue weighted by atomic mass is 10.0. The Bertz CT molecular complexity index is 1340. The van der Waals surface area contributed by atoms with Crippen molar-refractivity contribution in [1.82, 2.24) is 15.5 Å². The summed E-state index contributed by atoms with van der Waals surface area (Å²) in [6.45, 7) is 5.36. The van der Waals surface area contributed by atoms with Crippen LogP contribution in [0.2, 0.25) is 0 Å². The van der Waals surface area contributed by atoms with E-state index in [1.807, 2.05) is 48.7 Å². The molecule has 9 heteroatoms. The number of thioether (sulfide) groups is 1. The van der Waals surface area contributed by atoms with Crippen LogP contribution in [0, 0.1) is 5.92 Å². The molecule has 0 aliphatic heterocycles. The van der Waals surface area contributed by atoms with Crippen LogP contribution in [0.1, 0.15) is 50.7 Å². The van der Waals surface area contributed by atoms with E-state index >= 15 is 0 Å². The predicted octanol–water partition coefficient (Wildman–Crippen LogP) is 5.19. The molecule has 0 fully saturated rings. The molecule has 2 atom stereocenters. The average Bonchev–Trinajstić information content (AvgIpc) is 2.99. The maximum absolute atomic E-state index is 13.4. The fourth-order valence-electron chi connectivity index (χ4n) is 5.42. The number of carbonyl (C=O) groups is 3. The number of nitrogens with one attached hydrogen (secondary N) is 2. The van der Waals surface area contributed by atoms with Gasteiger partial charge in [-0.1, -0.05) is 68.4 Å². The van der Waals surface area contributed by atoms with Crippen LogP contribution in [0.15, 0.2) is 66.7 Å². The number of ether oxygens (including phenoxy) is 1. The number of benzene rings is 3. The molecule has 0 saturated heterocycles. The van der Waals surface area contributed by atoms with Crippen molar-refractivity contribution in [2.75, 3.05) is 37.9 Å². The molecule has 44 heavy (non-hydrogen) atoms. The lowest BCUT2D eigenvalue weighted by molar-refractivity contribution is -0.145. The van der Waals surface area contributed by atoms with Gasteiger partial charge in [0, 0.05) is 31.2 Å². The molecule has 2 amide bonds. The Morgan fingerprint density at radius 1 is 0.955 bits per heavy atom. The van der Waals surface area contributed by atoms with E-state index in [1.54, 1.807) is 11.8 Å². The summed E-state index contributed by atoms with van der Waals surface area (Å²) in [6.07, 6.45) is 5.18. The van der Waals surface area contributed by atoms with E-state index in [0.29, 0.717) is 31.8 Å². The molecular weight excluding hydrogens is 572 g/mol. The number of esters is 1. The molecule has 0 aliphatic rings. The molecule has 0 unspecified atom stereocenters. The highest BCUT2D eigenvalue weighted by molar-refractivity contribution is 7.98. The second kappa shape index (κ2) is 18.3. The van der Waals surface area contributed by atoms with Crippen LogP contribution in [-0.2, 0) is 32.1 Å². The number of amides is 2. The van der Waals surface area contributed by atoms with Gasteiger partial charge < -0.3 is 21.1 Å². The number of hydrogen-bond acceptors (Lipinski definition) is 7. The normalized spacial score (nSPS) is 12.7. The molecule has 238 valence electrons. The molecule has 8 nitrogen and oxygen atoms in total. The van der Waals surface area contributed by atoms with Crippen molar-refractivity contribution in [2.24, 2.45) is 5.92 Å². The van der Waals surface area contributed by atoms with Crippen molar-refractivity contribution in [3.8, 4) is 0 Å². The average molecular weight is 621 g/mol. The zero-order valence-corrected chi connectivity index (χ0v) is 27.3. The van der Waals surface area contributed by atoms with E-state index in [-0.39, 0.29) is 24.4 Å². The molecule has 4 N–H and O–H groups in total. The SMILES string of the molecule is COC(=O)[C@H](CCSC)NC(=O)CN(Cc1cccc2ccccc12)C[C@H](CC(C)C)NC(=O)CCCc1ccc(N)cc1. The van der Waals surface area contributed by atoms with Gasteiger partial charge in [-0.15, -0.1) is 0 Å². The molecule has 3 rings (SSSR count). The third-order valence-electron chi connectivity index (χ3n) is 7.52. The smallest absolute Gasteiger partial charge is 0.328 e. The number of nitrogen functional groups attached to an aromatic ring is 1. The van der Waals surface area contributed by atoms with Crippen LogP contribution in [0.4, 0.5) is 5.69 Å². The molecule has 0 saturated carbocycles. The first-order chi connectivity index (χ1) is 21.2. The standard InChI is InChI=1S/C35H48N4O4S/c1-25(2)21-30(37-33(40)14-7-9-26-15-17-29(36)18-16-26)23-39(22-28-12-8-11-27-10-5-6-13-31(27)28)24-34(41)38-32(19-20-44-4)35(42)43-3/h5-6,8,10-13,15-18,25,30,32H,7,9,14,19-24,36H2,1-4H3,(H,37,40)(H,38,41)/t30-,32-/m0/s1. The van der Waals surface area contributed by atoms with Gasteiger partial charge in [0.1, 0.15) is 6.04 Å². The van der Waals surface area contributed by atoms with E-state index in [0.717, 1.165) is 52.6 Å². The first-order valence-corrected chi connectivity index (χ1v) is 16.8. The summed E-state index contributed by atoms with van der Waals surface area (Å²) in [5.74, 6) is 0.374. The zero-order chi connectivity index (χ0) is 31.9. The monoisotopic (exact) mass is 620 g/mol. The number of hydrogen-bond donors (Lipinski definition) is 3. The lowest BCUT2D eigenvalue weighted by Gasteiger charge is -2.30. The number of nitrogens with zero attached hydrogens (tertiary/aromatic N) is 1. The van der Waals surface area contributed by atoms with Gasteiger partial charge in [-0.2, -0.15) is 11.8 Å². The number of nitrogens with two attached hydrogens (primary N) is 1. The Hall–Kier alpha value is -3.56. The van der Waals surface area contributed by atoms with Crippen LogP contribution < -0.4 is 16.4 Å². The molecule has 0 radical (unpaired) electrons. The van der Waals surface area contributed by atoms with E-state index in [2.05, 4.69) is 53.6 Å². The molecule has 0 heterocycles. The first-order valence-electron chi connectivity index (χ1n) is 15.4. The minimum atomic E-state index is -0.702. The number of methoxy groups -OCH3 is 1. The minimum Gasteiger partial charge on any atom is -0.467 e. The van der Waals surface area contributed by atoms with Crippen molar-refractivity contribution in [3.05, 3.63) is 77.9 Å². The first kappa shape index (κ1) is 34.9. The largest absolute Gasteiger partial charge is 0.467 e. The zero-order valence-electron chi connectivity index (χ0n) is 26.5. The second-order valence-electron chi connectivity index (χ2n) is 11.7. The van der Waals surface area contributed by atoms with Gasteiger partial charge in [-0.25, -0.2) is 4.79 Å². The molecule has 0 aromatic heterocycles. The second-order valence-corrected chi connectivity index (χ2v) is 12.7. The van der Waals surface area contributed by atoms with Gasteiger partial charge in [0.2, 0.25) is 11.8 Å². The Labute approximate surface area is 266 Å². The van der Waals surface area contributed by atoms with Gasteiger partial charge in [-0.05, 0) is 77.6 Å². The molecule has 0 spiro atoms. The molecule has 0 bridgehead atoms. The summed E-state index contributed by atoms with van der Waals surface area (Å²) in [5, 5.41) is 8.41. The van der Waals surface area contributed by atoms with Gasteiger partial charge >= 0.3 is 5.97 Å². The van der Waals surface area contributed by atoms with Gasteiger partial charge in [0.05, 0.1) is 13.7 Å². The summed E-state index contributed by atoms with van der Waals surface area (Å²) in [5.41, 5.74) is 8.77. The van der Waals surface area contributed by atoms with Gasteiger partial charge in [0.15, 0.2) is 0 Å². The Morgan fingerprint density at radius 3 is 2.39 bits per heavy atom. The van der Waals surface area contributed by atoms with Crippen molar-refractivity contribution >= 4 is 46.0 Å². The summed E-state index contributed by atoms with van der Waals surface area (Å²) >= 11 is 1.61. The van der Waals surface area contributed by atoms with Crippen molar-refractivity contribution in [3.63, 3.8) is 0 Å². The van der Waals surface area contributed by atoms with Crippen molar-refractivity contribution < 1.29 is 19.1 Å². The van der Waals surface area contributed by atoms with E-state index in [4.69, 9.17) is 10.5 Å². The van der Waals surface area contributed by atoms with Crippen LogP contribution in [-0.4, -0.2) is 67.0 Å². The van der Waals surface area contributed by atoms with E-state index < -0.39 is 12.0 Å². The third kappa shape index (κ3) is 11.8. The Balaban J connectivity index is 1.75. The Morgan fingerprint density at radius 2 is 1.68 bits per heavy atom. The number of carbonyl (C=O) groups excluding carboxylic acids is 3. The van der Waals surface area contributed by atoms with Gasteiger partial charge in [-0.3, -0.25) is 14.5 Å². The number of rotatable bonds is 18. The summed E-state index contributed by atoms with van der Waals surface area (Å²) in [7, 11) is 1.34. The fourth-order valence-corrected chi connectivity index (χ4v) is 5.89. The van der Waals surface area contributed by atoms with Crippen LogP contribution in [0.5, 0.6) is 0 Å². The Kier molecular flexibility index (Phi) is 14.5. The predicted molar refractivity (Wildman–Crippen MR) is 181 cm³/mol. The summed E-state index contributed by atoms with van der Waals surface area (Å²) in [4.78, 5) is 40.9. The summed E-state index contributed by atoms with van der Waals surface area (Å²) in [6, 6.07) is 21.3. The number of fused-ring (bicyclic) bond motifs is 1. The number of aryl methyl sites for hydroxylation is 1. The molecule has 0 aliphatic carbocycles. The highest BCUT2D eigenvalue weighted by atomic mass is 32.2. The van der Waals surface area contributed by atoms with Gasteiger partial charge in [0.25, 0.3) is 0 Å². The highest BCUT2D eigenvalue weighted by Gasteiger charge is 2.25. The quantitative estimate of drug-likeness (QED) is 0.133. The minimum absolute atomic E-state index is 0.00322. The molecule has 3 aromatic rings. The maximum atomic E-state index is 13.4. The number of anilines is 1. The molecular formula is C35H48N4O4S. The molecule has 3 aromatic carbocycles. The third-order valence-corrected chi connectivity index (χ3v) is 8.17. The maximum Gasteiger partial charge on any atom is 0.328 e. The van der Waals surface area contributed by atoms with Crippen LogP contribution in [0.25, 0.3) is 10.8 Å². The van der Waals surface area contributed by atoms with Crippen molar-refractivity contribution in [2.45, 2.75) is 64.6 Å².